The third-order valence-corrected chi connectivity index (χ3v) is 5.59. The molecule has 1 N–H and O–H groups in total. The summed E-state index contributed by atoms with van der Waals surface area (Å²) in [5.41, 5.74) is -1.54. The molecule has 0 radical (unpaired) electrons. The molecule has 0 aromatic heterocycles. The average molecular weight is 406 g/mol. The van der Waals surface area contributed by atoms with Crippen LogP contribution in [0.5, 0.6) is 5.75 Å². The highest BCUT2D eigenvalue weighted by atomic mass is 19.1. The summed E-state index contributed by atoms with van der Waals surface area (Å²) in [5.74, 6) is -0.333. The largest absolute Gasteiger partial charge is 0.487 e. The number of ether oxygens (including phenoxy) is 1. The van der Waals surface area contributed by atoms with Gasteiger partial charge in [-0.2, -0.15) is 0 Å². The zero-order chi connectivity index (χ0) is 21.2. The number of benzene rings is 1. The van der Waals surface area contributed by atoms with E-state index >= 15 is 0 Å². The number of carbonyl (C=O) groups excluding carboxylic acids is 2. The van der Waals surface area contributed by atoms with Gasteiger partial charge in [-0.3, -0.25) is 9.69 Å². The highest BCUT2D eigenvalue weighted by Crippen LogP contribution is 2.46. The van der Waals surface area contributed by atoms with E-state index in [1.54, 1.807) is 0 Å². The van der Waals surface area contributed by atoms with Gasteiger partial charge in [0.2, 0.25) is 0 Å². The standard InChI is InChI=1S/C22H32FN3O3/c1-5-10-25(11-6-2)12-7-13-26-19(27)22(24-20(26)28)15-21(3,4)29-18-9-8-16(23)14-17(18)22/h8-9,14H,5-7,10-13,15H2,1-4H3,(H,24,28). The second-order valence-electron chi connectivity index (χ2n) is 8.67. The van der Waals surface area contributed by atoms with E-state index in [0.29, 0.717) is 24.3 Å². The summed E-state index contributed by atoms with van der Waals surface area (Å²) < 4.78 is 19.9. The summed E-state index contributed by atoms with van der Waals surface area (Å²) in [6, 6.07) is 3.72. The quantitative estimate of drug-likeness (QED) is 0.671. The lowest BCUT2D eigenvalue weighted by molar-refractivity contribution is -0.134. The van der Waals surface area contributed by atoms with Crippen molar-refractivity contribution < 1.29 is 18.7 Å². The van der Waals surface area contributed by atoms with Crippen LogP contribution in [0, 0.1) is 5.82 Å². The van der Waals surface area contributed by atoms with Crippen molar-refractivity contribution in [1.29, 1.82) is 0 Å². The first-order valence-corrected chi connectivity index (χ1v) is 10.6. The molecule has 3 rings (SSSR count). The predicted molar refractivity (Wildman–Crippen MR) is 109 cm³/mol. The van der Waals surface area contributed by atoms with E-state index in [1.165, 1.54) is 23.1 Å². The zero-order valence-electron chi connectivity index (χ0n) is 17.9. The lowest BCUT2D eigenvalue weighted by atomic mass is 9.77. The minimum atomic E-state index is -1.28. The molecule has 2 aliphatic rings. The van der Waals surface area contributed by atoms with Gasteiger partial charge in [-0.15, -0.1) is 0 Å². The molecule has 0 saturated carbocycles. The minimum absolute atomic E-state index is 0.259. The number of nitrogens with zero attached hydrogens (tertiary/aromatic N) is 2. The summed E-state index contributed by atoms with van der Waals surface area (Å²) in [6.45, 7) is 11.2. The van der Waals surface area contributed by atoms with Crippen LogP contribution in [-0.2, 0) is 10.3 Å². The van der Waals surface area contributed by atoms with Crippen molar-refractivity contribution in [1.82, 2.24) is 15.1 Å². The molecule has 7 heteroatoms. The van der Waals surface area contributed by atoms with Gasteiger partial charge < -0.3 is 15.0 Å². The maximum absolute atomic E-state index is 14.0. The maximum Gasteiger partial charge on any atom is 0.325 e. The lowest BCUT2D eigenvalue weighted by Gasteiger charge is -2.42. The first kappa shape index (κ1) is 21.6. The Kier molecular flexibility index (Phi) is 6.17. The second-order valence-corrected chi connectivity index (χ2v) is 8.67. The van der Waals surface area contributed by atoms with Crippen LogP contribution in [0.4, 0.5) is 9.18 Å². The number of fused-ring (bicyclic) bond motifs is 2. The van der Waals surface area contributed by atoms with Crippen molar-refractivity contribution in [2.24, 2.45) is 0 Å². The Morgan fingerprint density at radius 1 is 1.17 bits per heavy atom. The Hall–Kier alpha value is -2.15. The molecular weight excluding hydrogens is 373 g/mol. The molecule has 1 aromatic carbocycles. The van der Waals surface area contributed by atoms with E-state index in [4.69, 9.17) is 4.74 Å². The zero-order valence-corrected chi connectivity index (χ0v) is 17.9. The van der Waals surface area contributed by atoms with Gasteiger partial charge in [0, 0.05) is 18.5 Å². The molecule has 160 valence electrons. The number of hydrogen-bond acceptors (Lipinski definition) is 4. The fourth-order valence-corrected chi connectivity index (χ4v) is 4.54. The minimum Gasteiger partial charge on any atom is -0.487 e. The molecule has 0 bridgehead atoms. The summed E-state index contributed by atoms with van der Waals surface area (Å²) in [4.78, 5) is 29.8. The normalized spacial score (nSPS) is 22.8. The molecule has 3 amide bonds. The van der Waals surface area contributed by atoms with Gasteiger partial charge in [0.15, 0.2) is 5.54 Å². The number of rotatable bonds is 8. The van der Waals surface area contributed by atoms with E-state index in [-0.39, 0.29) is 12.3 Å². The van der Waals surface area contributed by atoms with E-state index in [0.717, 1.165) is 32.5 Å². The van der Waals surface area contributed by atoms with Gasteiger partial charge in [0.25, 0.3) is 5.91 Å². The van der Waals surface area contributed by atoms with Gasteiger partial charge in [-0.25, -0.2) is 9.18 Å². The Labute approximate surface area is 172 Å². The van der Waals surface area contributed by atoms with Crippen molar-refractivity contribution >= 4 is 11.9 Å². The van der Waals surface area contributed by atoms with Crippen molar-refractivity contribution in [2.75, 3.05) is 26.2 Å². The molecule has 0 aliphatic carbocycles. The highest BCUT2D eigenvalue weighted by molar-refractivity contribution is 6.08. The van der Waals surface area contributed by atoms with Gasteiger partial charge in [-0.1, -0.05) is 13.8 Å². The number of imide groups is 1. The van der Waals surface area contributed by atoms with E-state index in [9.17, 15) is 14.0 Å². The SMILES string of the molecule is CCCN(CCC)CCCN1C(=O)NC2(CC(C)(C)Oc3ccc(F)cc32)C1=O. The van der Waals surface area contributed by atoms with Crippen molar-refractivity contribution in [3.05, 3.63) is 29.6 Å². The van der Waals surface area contributed by atoms with E-state index in [2.05, 4.69) is 24.1 Å². The van der Waals surface area contributed by atoms with Crippen molar-refractivity contribution in [3.63, 3.8) is 0 Å². The number of urea groups is 1. The fourth-order valence-electron chi connectivity index (χ4n) is 4.54. The summed E-state index contributed by atoms with van der Waals surface area (Å²) in [6.07, 6.45) is 3.12. The first-order chi connectivity index (χ1) is 13.7. The Morgan fingerprint density at radius 3 is 2.52 bits per heavy atom. The maximum atomic E-state index is 14.0. The molecule has 2 aliphatic heterocycles. The Morgan fingerprint density at radius 2 is 1.86 bits per heavy atom. The molecule has 6 nitrogen and oxygen atoms in total. The van der Waals surface area contributed by atoms with Gasteiger partial charge in [-0.05, 0) is 70.9 Å². The van der Waals surface area contributed by atoms with Gasteiger partial charge >= 0.3 is 6.03 Å². The summed E-state index contributed by atoms with van der Waals surface area (Å²) in [5, 5.41) is 2.87. The second kappa shape index (κ2) is 8.30. The molecule has 1 unspecified atom stereocenters. The molecule has 1 atom stereocenters. The Bertz CT molecular complexity index is 777. The van der Waals surface area contributed by atoms with Crippen LogP contribution in [0.2, 0.25) is 0 Å². The molecule has 29 heavy (non-hydrogen) atoms. The monoisotopic (exact) mass is 405 g/mol. The fraction of sp³-hybridized carbons (Fsp3) is 0.636. The molecule has 1 spiro atoms. The molecular formula is C22H32FN3O3. The highest BCUT2D eigenvalue weighted by Gasteiger charge is 2.58. The van der Waals surface area contributed by atoms with Crippen LogP contribution in [-0.4, -0.2) is 53.5 Å². The summed E-state index contributed by atoms with van der Waals surface area (Å²) in [7, 11) is 0. The average Bonchev–Trinajstić information content (AvgIpc) is 2.86. The third kappa shape index (κ3) is 4.25. The van der Waals surface area contributed by atoms with Crippen LogP contribution in [0.3, 0.4) is 0 Å². The number of amides is 3. The van der Waals surface area contributed by atoms with Crippen molar-refractivity contribution in [2.45, 2.75) is 64.5 Å². The number of halogens is 1. The van der Waals surface area contributed by atoms with Crippen molar-refractivity contribution in [3.8, 4) is 5.75 Å². The third-order valence-electron chi connectivity index (χ3n) is 5.59. The number of hydrogen-bond donors (Lipinski definition) is 1. The van der Waals surface area contributed by atoms with Crippen LogP contribution < -0.4 is 10.1 Å². The number of nitrogens with one attached hydrogen (secondary N) is 1. The smallest absolute Gasteiger partial charge is 0.325 e. The summed E-state index contributed by atoms with van der Waals surface area (Å²) >= 11 is 0. The first-order valence-electron chi connectivity index (χ1n) is 10.6. The van der Waals surface area contributed by atoms with E-state index in [1.807, 2.05) is 13.8 Å². The van der Waals surface area contributed by atoms with Crippen LogP contribution in [0.15, 0.2) is 18.2 Å². The topological polar surface area (TPSA) is 61.9 Å². The molecule has 1 saturated heterocycles. The van der Waals surface area contributed by atoms with Crippen LogP contribution in [0.25, 0.3) is 0 Å². The lowest BCUT2D eigenvalue weighted by Crippen LogP contribution is -2.53. The Balaban J connectivity index is 1.80. The van der Waals surface area contributed by atoms with Crippen LogP contribution in [0.1, 0.15) is 58.9 Å². The number of carbonyl (C=O) groups is 2. The molecule has 2 heterocycles. The van der Waals surface area contributed by atoms with E-state index < -0.39 is 23.0 Å². The van der Waals surface area contributed by atoms with Gasteiger partial charge in [0.1, 0.15) is 17.2 Å². The van der Waals surface area contributed by atoms with Gasteiger partial charge in [0.05, 0.1) is 0 Å². The predicted octanol–water partition coefficient (Wildman–Crippen LogP) is 3.65. The molecule has 1 fully saturated rings. The van der Waals surface area contributed by atoms with Crippen LogP contribution >= 0.6 is 0 Å². The molecule has 1 aromatic rings.